The summed E-state index contributed by atoms with van der Waals surface area (Å²) in [5, 5.41) is 3.52. The van der Waals surface area contributed by atoms with Crippen molar-refractivity contribution in [3.63, 3.8) is 0 Å². The molecule has 1 rings (SSSR count). The fourth-order valence-corrected chi connectivity index (χ4v) is 2.17. The summed E-state index contributed by atoms with van der Waals surface area (Å²) in [7, 11) is 0. The largest absolute Gasteiger partial charge is 0.377 e. The van der Waals surface area contributed by atoms with Gasteiger partial charge in [-0.3, -0.25) is 0 Å². The number of hydrogen-bond donors (Lipinski definition) is 1. The number of allylic oxidation sites excluding steroid dienone is 1. The van der Waals surface area contributed by atoms with E-state index in [2.05, 4.69) is 56.9 Å². The van der Waals surface area contributed by atoms with Gasteiger partial charge in [0.1, 0.15) is 0 Å². The third kappa shape index (κ3) is 8.03. The molecule has 0 aliphatic rings. The van der Waals surface area contributed by atoms with E-state index in [0.29, 0.717) is 18.4 Å². The van der Waals surface area contributed by atoms with E-state index in [4.69, 9.17) is 4.74 Å². The first-order valence-electron chi connectivity index (χ1n) is 8.11. The molecule has 1 N–H and O–H groups in total. The maximum atomic E-state index is 5.65. The van der Waals surface area contributed by atoms with Crippen LogP contribution in [0.15, 0.2) is 36.9 Å². The molecule has 1 aromatic carbocycles. The highest BCUT2D eigenvalue weighted by Gasteiger charge is 2.05. The van der Waals surface area contributed by atoms with Crippen LogP contribution in [0.25, 0.3) is 0 Å². The topological polar surface area (TPSA) is 21.3 Å². The van der Waals surface area contributed by atoms with Crippen molar-refractivity contribution in [2.45, 2.75) is 46.1 Å². The monoisotopic (exact) mass is 289 g/mol. The summed E-state index contributed by atoms with van der Waals surface area (Å²) in [6.45, 7) is 14.1. The average molecular weight is 289 g/mol. The molecule has 1 atom stereocenters. The molecule has 0 spiro atoms. The Kier molecular flexibility index (Phi) is 9.04. The van der Waals surface area contributed by atoms with E-state index in [1.165, 1.54) is 11.1 Å². The highest BCUT2D eigenvalue weighted by Crippen LogP contribution is 2.15. The van der Waals surface area contributed by atoms with Gasteiger partial charge in [0.05, 0.1) is 6.61 Å². The van der Waals surface area contributed by atoms with E-state index in [-0.39, 0.29) is 0 Å². The summed E-state index contributed by atoms with van der Waals surface area (Å²) in [6, 6.07) is 8.82. The number of unbranched alkanes of at least 4 members (excludes halogenated alkanes) is 1. The van der Waals surface area contributed by atoms with Crippen molar-refractivity contribution in [3.8, 4) is 0 Å². The first-order valence-corrected chi connectivity index (χ1v) is 8.11. The maximum Gasteiger partial charge on any atom is 0.0716 e. The van der Waals surface area contributed by atoms with Crippen molar-refractivity contribution in [2.24, 2.45) is 5.92 Å². The third-order valence-electron chi connectivity index (χ3n) is 3.52. The van der Waals surface area contributed by atoms with Gasteiger partial charge in [-0.05, 0) is 42.3 Å². The van der Waals surface area contributed by atoms with Crippen molar-refractivity contribution in [1.29, 1.82) is 0 Å². The molecule has 21 heavy (non-hydrogen) atoms. The summed E-state index contributed by atoms with van der Waals surface area (Å²) < 4.78 is 5.65. The lowest BCUT2D eigenvalue weighted by Crippen LogP contribution is -2.24. The van der Waals surface area contributed by atoms with Gasteiger partial charge in [0.15, 0.2) is 0 Å². The fourth-order valence-electron chi connectivity index (χ4n) is 2.17. The number of nitrogens with one attached hydrogen (secondary N) is 1. The van der Waals surface area contributed by atoms with Gasteiger partial charge in [-0.2, -0.15) is 0 Å². The second kappa shape index (κ2) is 10.6. The number of benzene rings is 1. The standard InChI is InChI=1S/C19H31NO/c1-5-6-7-12-21-15-18-8-10-19(11-9-18)17(4)14-20-13-16(2)3/h5,8-11,16-17,20H,1,6-7,12-15H2,2-4H3. The number of ether oxygens (including phenoxy) is 1. The summed E-state index contributed by atoms with van der Waals surface area (Å²) in [6.07, 6.45) is 4.02. The van der Waals surface area contributed by atoms with Gasteiger partial charge in [0.2, 0.25) is 0 Å². The molecule has 0 aromatic heterocycles. The van der Waals surface area contributed by atoms with Crippen molar-refractivity contribution in [2.75, 3.05) is 19.7 Å². The second-order valence-electron chi connectivity index (χ2n) is 6.18. The lowest BCUT2D eigenvalue weighted by atomic mass is 10.00. The third-order valence-corrected chi connectivity index (χ3v) is 3.52. The number of rotatable bonds is 11. The van der Waals surface area contributed by atoms with E-state index < -0.39 is 0 Å². The summed E-state index contributed by atoms with van der Waals surface area (Å²) in [4.78, 5) is 0. The molecule has 0 saturated carbocycles. The van der Waals surface area contributed by atoms with Gasteiger partial charge < -0.3 is 10.1 Å². The molecule has 2 heteroatoms. The molecule has 0 radical (unpaired) electrons. The summed E-state index contributed by atoms with van der Waals surface area (Å²) in [5.41, 5.74) is 2.64. The summed E-state index contributed by atoms with van der Waals surface area (Å²) in [5.74, 6) is 1.25. The maximum absolute atomic E-state index is 5.65. The van der Waals surface area contributed by atoms with E-state index >= 15 is 0 Å². The normalized spacial score (nSPS) is 12.6. The quantitative estimate of drug-likeness (QED) is 0.478. The fraction of sp³-hybridized carbons (Fsp3) is 0.579. The van der Waals surface area contributed by atoms with Crippen LogP contribution >= 0.6 is 0 Å². The van der Waals surface area contributed by atoms with Gasteiger partial charge in [-0.15, -0.1) is 6.58 Å². The van der Waals surface area contributed by atoms with Crippen LogP contribution in [0.3, 0.4) is 0 Å². The molecule has 0 saturated heterocycles. The first-order chi connectivity index (χ1) is 10.1. The van der Waals surface area contributed by atoms with Gasteiger partial charge in [-0.25, -0.2) is 0 Å². The van der Waals surface area contributed by atoms with E-state index in [0.717, 1.165) is 32.5 Å². The van der Waals surface area contributed by atoms with Crippen molar-refractivity contribution in [3.05, 3.63) is 48.0 Å². The molecular weight excluding hydrogens is 258 g/mol. The molecule has 118 valence electrons. The Morgan fingerprint density at radius 2 is 1.86 bits per heavy atom. The Labute approximate surface area is 130 Å². The molecule has 1 aromatic rings. The second-order valence-corrected chi connectivity index (χ2v) is 6.18. The Hall–Kier alpha value is -1.12. The minimum absolute atomic E-state index is 0.548. The van der Waals surface area contributed by atoms with Gasteiger partial charge in [0, 0.05) is 13.2 Å². The molecule has 0 bridgehead atoms. The zero-order valence-corrected chi connectivity index (χ0v) is 13.9. The molecule has 0 amide bonds. The van der Waals surface area contributed by atoms with E-state index in [1.54, 1.807) is 0 Å². The van der Waals surface area contributed by atoms with Crippen LogP contribution in [0.1, 0.15) is 50.7 Å². The smallest absolute Gasteiger partial charge is 0.0716 e. The van der Waals surface area contributed by atoms with Crippen molar-refractivity contribution >= 4 is 0 Å². The lowest BCUT2D eigenvalue weighted by molar-refractivity contribution is 0.119. The van der Waals surface area contributed by atoms with E-state index in [1.807, 2.05) is 6.08 Å². The molecule has 2 nitrogen and oxygen atoms in total. The highest BCUT2D eigenvalue weighted by atomic mass is 16.5. The van der Waals surface area contributed by atoms with E-state index in [9.17, 15) is 0 Å². The number of hydrogen-bond acceptors (Lipinski definition) is 2. The molecular formula is C19H31NO. The van der Waals surface area contributed by atoms with Gasteiger partial charge in [-0.1, -0.05) is 51.1 Å². The zero-order valence-electron chi connectivity index (χ0n) is 13.9. The minimum atomic E-state index is 0.548. The van der Waals surface area contributed by atoms with Crippen LogP contribution in [0.4, 0.5) is 0 Å². The molecule has 0 aliphatic heterocycles. The van der Waals surface area contributed by atoms with Gasteiger partial charge in [0.25, 0.3) is 0 Å². The van der Waals surface area contributed by atoms with Crippen LogP contribution in [0.5, 0.6) is 0 Å². The van der Waals surface area contributed by atoms with Gasteiger partial charge >= 0.3 is 0 Å². The zero-order chi connectivity index (χ0) is 15.5. The molecule has 0 fully saturated rings. The molecule has 0 heterocycles. The Morgan fingerprint density at radius 3 is 2.48 bits per heavy atom. The first kappa shape index (κ1) is 17.9. The predicted octanol–water partition coefficient (Wildman–Crippen LogP) is 4.52. The average Bonchev–Trinajstić information content (AvgIpc) is 2.47. The van der Waals surface area contributed by atoms with Crippen molar-refractivity contribution < 1.29 is 4.74 Å². The van der Waals surface area contributed by atoms with Crippen LogP contribution < -0.4 is 5.32 Å². The van der Waals surface area contributed by atoms with Crippen LogP contribution in [0.2, 0.25) is 0 Å². The highest BCUT2D eigenvalue weighted by molar-refractivity contribution is 5.24. The predicted molar refractivity (Wildman–Crippen MR) is 91.7 cm³/mol. The van der Waals surface area contributed by atoms with Crippen LogP contribution in [0, 0.1) is 5.92 Å². The Morgan fingerprint density at radius 1 is 1.14 bits per heavy atom. The SMILES string of the molecule is C=CCCCOCc1ccc(C(C)CNCC(C)C)cc1. The van der Waals surface area contributed by atoms with Crippen LogP contribution in [-0.4, -0.2) is 19.7 Å². The molecule has 0 aliphatic carbocycles. The molecule has 1 unspecified atom stereocenters. The van der Waals surface area contributed by atoms with Crippen molar-refractivity contribution in [1.82, 2.24) is 5.32 Å². The lowest BCUT2D eigenvalue weighted by Gasteiger charge is -2.15. The minimum Gasteiger partial charge on any atom is -0.377 e. The Balaban J connectivity index is 2.30. The van der Waals surface area contributed by atoms with Crippen LogP contribution in [-0.2, 0) is 11.3 Å². The Bertz CT molecular complexity index is 383. The summed E-state index contributed by atoms with van der Waals surface area (Å²) >= 11 is 0.